The summed E-state index contributed by atoms with van der Waals surface area (Å²) in [5.41, 5.74) is 1.85. The highest BCUT2D eigenvalue weighted by atomic mass is 32.2. The van der Waals surface area contributed by atoms with E-state index in [1.54, 1.807) is 12.1 Å². The SMILES string of the molecule is CCCc1ccc(NS(C)(=O)=O)cc1. The summed E-state index contributed by atoms with van der Waals surface area (Å²) in [6.45, 7) is 2.11. The fourth-order valence-corrected chi connectivity index (χ4v) is 1.81. The fraction of sp³-hybridized carbons (Fsp3) is 0.400. The van der Waals surface area contributed by atoms with E-state index in [9.17, 15) is 8.42 Å². The molecule has 4 heteroatoms. The van der Waals surface area contributed by atoms with Crippen molar-refractivity contribution in [3.05, 3.63) is 29.8 Å². The highest BCUT2D eigenvalue weighted by Gasteiger charge is 2.00. The number of hydrogen-bond donors (Lipinski definition) is 1. The lowest BCUT2D eigenvalue weighted by molar-refractivity contribution is 0.607. The summed E-state index contributed by atoms with van der Waals surface area (Å²) < 4.78 is 24.2. The maximum absolute atomic E-state index is 10.9. The van der Waals surface area contributed by atoms with Crippen LogP contribution in [0.25, 0.3) is 0 Å². The van der Waals surface area contributed by atoms with Crippen molar-refractivity contribution < 1.29 is 8.42 Å². The van der Waals surface area contributed by atoms with Crippen LogP contribution in [0.2, 0.25) is 0 Å². The van der Waals surface area contributed by atoms with Crippen molar-refractivity contribution in [2.75, 3.05) is 11.0 Å². The maximum Gasteiger partial charge on any atom is 0.229 e. The number of rotatable bonds is 4. The molecule has 0 aliphatic carbocycles. The van der Waals surface area contributed by atoms with Gasteiger partial charge in [-0.05, 0) is 24.1 Å². The summed E-state index contributed by atoms with van der Waals surface area (Å²) in [5, 5.41) is 0. The second-order valence-corrected chi connectivity index (χ2v) is 5.07. The molecule has 0 aliphatic rings. The average Bonchev–Trinajstić information content (AvgIpc) is 2.06. The quantitative estimate of drug-likeness (QED) is 0.831. The van der Waals surface area contributed by atoms with Gasteiger partial charge in [-0.1, -0.05) is 25.5 Å². The predicted molar refractivity (Wildman–Crippen MR) is 58.9 cm³/mol. The van der Waals surface area contributed by atoms with Gasteiger partial charge >= 0.3 is 0 Å². The van der Waals surface area contributed by atoms with Crippen LogP contribution >= 0.6 is 0 Å². The molecule has 1 aromatic rings. The molecule has 1 N–H and O–H groups in total. The average molecular weight is 213 g/mol. The van der Waals surface area contributed by atoms with Gasteiger partial charge < -0.3 is 0 Å². The van der Waals surface area contributed by atoms with Crippen LogP contribution in [0, 0.1) is 0 Å². The van der Waals surface area contributed by atoms with E-state index in [1.165, 1.54) is 5.56 Å². The van der Waals surface area contributed by atoms with Crippen molar-refractivity contribution >= 4 is 15.7 Å². The van der Waals surface area contributed by atoms with E-state index < -0.39 is 10.0 Å². The monoisotopic (exact) mass is 213 g/mol. The van der Waals surface area contributed by atoms with Crippen molar-refractivity contribution in [2.24, 2.45) is 0 Å². The van der Waals surface area contributed by atoms with Crippen LogP contribution in [0.15, 0.2) is 24.3 Å². The topological polar surface area (TPSA) is 46.2 Å². The molecule has 0 aromatic heterocycles. The first kappa shape index (κ1) is 11.0. The van der Waals surface area contributed by atoms with Crippen LogP contribution in [0.5, 0.6) is 0 Å². The summed E-state index contributed by atoms with van der Waals surface area (Å²) in [4.78, 5) is 0. The zero-order valence-corrected chi connectivity index (χ0v) is 9.26. The Hall–Kier alpha value is -1.03. The van der Waals surface area contributed by atoms with Gasteiger partial charge in [-0.25, -0.2) is 8.42 Å². The van der Waals surface area contributed by atoms with E-state index in [0.29, 0.717) is 5.69 Å². The molecule has 0 heterocycles. The first-order chi connectivity index (χ1) is 6.51. The van der Waals surface area contributed by atoms with Crippen molar-refractivity contribution in [3.63, 3.8) is 0 Å². The standard InChI is InChI=1S/C10H15NO2S/c1-3-4-9-5-7-10(8-6-9)11-14(2,12)13/h5-8,11H,3-4H2,1-2H3. The molecule has 0 radical (unpaired) electrons. The summed E-state index contributed by atoms with van der Waals surface area (Å²) >= 11 is 0. The largest absolute Gasteiger partial charge is 0.284 e. The number of nitrogens with one attached hydrogen (secondary N) is 1. The lowest BCUT2D eigenvalue weighted by Gasteiger charge is -2.04. The molecule has 0 spiro atoms. The van der Waals surface area contributed by atoms with Crippen LogP contribution in [-0.2, 0) is 16.4 Å². The van der Waals surface area contributed by atoms with E-state index in [4.69, 9.17) is 0 Å². The van der Waals surface area contributed by atoms with Crippen LogP contribution in [0.3, 0.4) is 0 Å². The zero-order valence-electron chi connectivity index (χ0n) is 8.45. The second-order valence-electron chi connectivity index (χ2n) is 3.32. The predicted octanol–water partition coefficient (Wildman–Crippen LogP) is 2.01. The Labute approximate surface area is 85.2 Å². The van der Waals surface area contributed by atoms with Gasteiger partial charge in [-0.3, -0.25) is 4.72 Å². The number of aryl methyl sites for hydroxylation is 1. The first-order valence-corrected chi connectivity index (χ1v) is 6.47. The molecular weight excluding hydrogens is 198 g/mol. The third-order valence-corrected chi connectivity index (χ3v) is 2.40. The van der Waals surface area contributed by atoms with Gasteiger partial charge in [0, 0.05) is 5.69 Å². The Morgan fingerprint density at radius 3 is 2.21 bits per heavy atom. The van der Waals surface area contributed by atoms with E-state index >= 15 is 0 Å². The maximum atomic E-state index is 10.9. The van der Waals surface area contributed by atoms with Crippen LogP contribution in [0.4, 0.5) is 5.69 Å². The van der Waals surface area contributed by atoms with Crippen LogP contribution in [-0.4, -0.2) is 14.7 Å². The van der Waals surface area contributed by atoms with Crippen molar-refractivity contribution in [3.8, 4) is 0 Å². The smallest absolute Gasteiger partial charge is 0.229 e. The summed E-state index contributed by atoms with van der Waals surface area (Å²) in [6.07, 6.45) is 3.27. The van der Waals surface area contributed by atoms with E-state index in [-0.39, 0.29) is 0 Å². The molecule has 1 rings (SSSR count). The number of benzene rings is 1. The molecule has 0 bridgehead atoms. The van der Waals surface area contributed by atoms with E-state index in [0.717, 1.165) is 19.1 Å². The minimum atomic E-state index is -3.15. The Balaban J connectivity index is 2.74. The summed E-state index contributed by atoms with van der Waals surface area (Å²) in [6, 6.07) is 7.45. The molecule has 1 aromatic carbocycles. The summed E-state index contributed by atoms with van der Waals surface area (Å²) in [5.74, 6) is 0. The Morgan fingerprint density at radius 2 is 1.79 bits per heavy atom. The fourth-order valence-electron chi connectivity index (χ4n) is 1.24. The Kier molecular flexibility index (Phi) is 3.52. The van der Waals surface area contributed by atoms with Gasteiger partial charge in [-0.2, -0.15) is 0 Å². The van der Waals surface area contributed by atoms with Crippen molar-refractivity contribution in [1.82, 2.24) is 0 Å². The van der Waals surface area contributed by atoms with E-state index in [1.807, 2.05) is 12.1 Å². The zero-order chi connectivity index (χ0) is 10.6. The lowest BCUT2D eigenvalue weighted by Crippen LogP contribution is -2.09. The highest BCUT2D eigenvalue weighted by Crippen LogP contribution is 2.11. The molecule has 0 saturated carbocycles. The minimum Gasteiger partial charge on any atom is -0.284 e. The highest BCUT2D eigenvalue weighted by molar-refractivity contribution is 7.92. The number of hydrogen-bond acceptors (Lipinski definition) is 2. The second kappa shape index (κ2) is 4.46. The van der Waals surface area contributed by atoms with Crippen molar-refractivity contribution in [1.29, 1.82) is 0 Å². The lowest BCUT2D eigenvalue weighted by atomic mass is 10.1. The van der Waals surface area contributed by atoms with Gasteiger partial charge in [0.2, 0.25) is 10.0 Å². The summed E-state index contributed by atoms with van der Waals surface area (Å²) in [7, 11) is -3.15. The van der Waals surface area contributed by atoms with Crippen LogP contribution in [0.1, 0.15) is 18.9 Å². The molecular formula is C10H15NO2S. The third-order valence-electron chi connectivity index (χ3n) is 1.80. The Morgan fingerprint density at radius 1 is 1.21 bits per heavy atom. The molecule has 0 fully saturated rings. The minimum absolute atomic E-state index is 0.618. The molecule has 0 atom stereocenters. The van der Waals surface area contributed by atoms with Gasteiger partial charge in [0.1, 0.15) is 0 Å². The van der Waals surface area contributed by atoms with Gasteiger partial charge in [0.05, 0.1) is 6.26 Å². The van der Waals surface area contributed by atoms with Gasteiger partial charge in [0.25, 0.3) is 0 Å². The Bertz CT molecular complexity index is 381. The van der Waals surface area contributed by atoms with Crippen LogP contribution < -0.4 is 4.72 Å². The van der Waals surface area contributed by atoms with E-state index in [2.05, 4.69) is 11.6 Å². The number of anilines is 1. The van der Waals surface area contributed by atoms with Crippen molar-refractivity contribution in [2.45, 2.75) is 19.8 Å². The molecule has 0 saturated heterocycles. The van der Waals surface area contributed by atoms with Gasteiger partial charge in [-0.15, -0.1) is 0 Å². The molecule has 3 nitrogen and oxygen atoms in total. The first-order valence-electron chi connectivity index (χ1n) is 4.58. The third kappa shape index (κ3) is 3.79. The molecule has 0 unspecified atom stereocenters. The number of sulfonamides is 1. The molecule has 0 aliphatic heterocycles. The van der Waals surface area contributed by atoms with Gasteiger partial charge in [0.15, 0.2) is 0 Å². The molecule has 78 valence electrons. The normalized spacial score (nSPS) is 11.3. The molecule has 14 heavy (non-hydrogen) atoms. The molecule has 0 amide bonds.